The van der Waals surface area contributed by atoms with Crippen molar-refractivity contribution >= 4 is 17.7 Å². The minimum atomic E-state index is -0.997. The number of carboxylic acid groups (broad SMARTS) is 1. The molecule has 1 unspecified atom stereocenters. The van der Waals surface area contributed by atoms with Crippen LogP contribution >= 0.6 is 0 Å². The highest BCUT2D eigenvalue weighted by molar-refractivity contribution is 5.89. The summed E-state index contributed by atoms with van der Waals surface area (Å²) < 4.78 is 0. The van der Waals surface area contributed by atoms with Gasteiger partial charge in [0.15, 0.2) is 0 Å². The Morgan fingerprint density at radius 2 is 1.86 bits per heavy atom. The molecule has 0 aliphatic carbocycles. The summed E-state index contributed by atoms with van der Waals surface area (Å²) in [6.45, 7) is 8.38. The minimum Gasteiger partial charge on any atom is -0.465 e. The molecule has 0 fully saturated rings. The second kappa shape index (κ2) is 7.87. The predicted molar refractivity (Wildman–Crippen MR) is 114 cm³/mol. The topological polar surface area (TPSA) is 86.9 Å². The molecule has 6 nitrogen and oxygen atoms in total. The number of amides is 2. The molecule has 0 bridgehead atoms. The Hall–Kier alpha value is -2.86. The van der Waals surface area contributed by atoms with E-state index in [4.69, 9.17) is 5.73 Å². The van der Waals surface area contributed by atoms with Crippen LogP contribution in [0.4, 0.5) is 10.5 Å². The van der Waals surface area contributed by atoms with Gasteiger partial charge in [-0.2, -0.15) is 0 Å². The van der Waals surface area contributed by atoms with E-state index in [-0.39, 0.29) is 5.91 Å². The van der Waals surface area contributed by atoms with Crippen LogP contribution in [0.2, 0.25) is 0 Å². The fraction of sp³-hybridized carbons (Fsp3) is 0.391. The smallest absolute Gasteiger partial charge is 0.412 e. The third kappa shape index (κ3) is 4.43. The summed E-state index contributed by atoms with van der Waals surface area (Å²) in [6, 6.07) is 13.1. The summed E-state index contributed by atoms with van der Waals surface area (Å²) in [7, 11) is 0. The molecule has 2 aromatic carbocycles. The van der Waals surface area contributed by atoms with Crippen molar-refractivity contribution in [2.45, 2.75) is 58.8 Å². The van der Waals surface area contributed by atoms with Crippen molar-refractivity contribution in [2.24, 2.45) is 5.73 Å². The summed E-state index contributed by atoms with van der Waals surface area (Å²) in [5.41, 5.74) is 10.1. The molecule has 0 saturated carbocycles. The molecule has 1 aliphatic rings. The SMILES string of the molecule is Cc1cc2c(cc1N(C(=O)O)C(C)(C)C)CN(Cc1ccccc1)C(=O)C(N)C2. The molecule has 6 heteroatoms. The average molecular weight is 396 g/mol. The molecular formula is C23H29N3O3. The Morgan fingerprint density at radius 1 is 1.21 bits per heavy atom. The van der Waals surface area contributed by atoms with Gasteiger partial charge in [0.1, 0.15) is 0 Å². The van der Waals surface area contributed by atoms with E-state index >= 15 is 0 Å². The molecule has 2 aromatic rings. The molecular weight excluding hydrogens is 366 g/mol. The van der Waals surface area contributed by atoms with Crippen molar-refractivity contribution in [3.05, 3.63) is 64.7 Å². The number of nitrogens with zero attached hydrogens (tertiary/aromatic N) is 2. The molecule has 1 atom stereocenters. The van der Waals surface area contributed by atoms with Gasteiger partial charge in [-0.15, -0.1) is 0 Å². The summed E-state index contributed by atoms with van der Waals surface area (Å²) >= 11 is 0. The van der Waals surface area contributed by atoms with Crippen molar-refractivity contribution in [2.75, 3.05) is 4.90 Å². The van der Waals surface area contributed by atoms with Gasteiger partial charge in [-0.1, -0.05) is 36.4 Å². The van der Waals surface area contributed by atoms with Gasteiger partial charge in [0, 0.05) is 18.6 Å². The number of carbonyl (C=O) groups excluding carboxylic acids is 1. The van der Waals surface area contributed by atoms with Gasteiger partial charge in [0.05, 0.1) is 11.7 Å². The first-order valence-electron chi connectivity index (χ1n) is 9.82. The lowest BCUT2D eigenvalue weighted by molar-refractivity contribution is -0.133. The standard InChI is InChI=1S/C23H29N3O3/c1-15-10-17-11-19(24)21(27)25(13-16-8-6-5-7-9-16)14-18(17)12-20(15)26(22(28)29)23(2,3)4/h5-10,12,19H,11,13-14,24H2,1-4H3,(H,28,29). The summed E-state index contributed by atoms with van der Waals surface area (Å²) in [5, 5.41) is 9.82. The normalized spacial score (nSPS) is 16.9. The van der Waals surface area contributed by atoms with Crippen molar-refractivity contribution in [1.29, 1.82) is 0 Å². The Morgan fingerprint density at radius 3 is 2.45 bits per heavy atom. The zero-order valence-electron chi connectivity index (χ0n) is 17.5. The molecule has 0 spiro atoms. The molecule has 2 amide bonds. The predicted octanol–water partition coefficient (Wildman–Crippen LogP) is 3.69. The maximum atomic E-state index is 12.9. The van der Waals surface area contributed by atoms with E-state index in [0.29, 0.717) is 25.2 Å². The van der Waals surface area contributed by atoms with Crippen LogP contribution in [0, 0.1) is 6.92 Å². The lowest BCUT2D eigenvalue weighted by Gasteiger charge is -2.35. The van der Waals surface area contributed by atoms with Gasteiger partial charge >= 0.3 is 6.09 Å². The van der Waals surface area contributed by atoms with Crippen LogP contribution in [0.25, 0.3) is 0 Å². The number of nitrogens with two attached hydrogens (primary N) is 1. The van der Waals surface area contributed by atoms with E-state index in [9.17, 15) is 14.7 Å². The Balaban J connectivity index is 2.03. The van der Waals surface area contributed by atoms with Crippen LogP contribution in [-0.4, -0.2) is 33.6 Å². The average Bonchev–Trinajstić information content (AvgIpc) is 2.73. The van der Waals surface area contributed by atoms with Gasteiger partial charge in [-0.25, -0.2) is 4.79 Å². The fourth-order valence-corrected chi connectivity index (χ4v) is 3.91. The van der Waals surface area contributed by atoms with E-state index in [1.165, 1.54) is 4.90 Å². The molecule has 0 aromatic heterocycles. The molecule has 154 valence electrons. The highest BCUT2D eigenvalue weighted by Gasteiger charge is 2.32. The zero-order valence-corrected chi connectivity index (χ0v) is 17.5. The highest BCUT2D eigenvalue weighted by atomic mass is 16.4. The number of carbonyl (C=O) groups is 2. The van der Waals surface area contributed by atoms with Crippen LogP contribution < -0.4 is 10.6 Å². The van der Waals surface area contributed by atoms with Crippen molar-refractivity contribution in [3.63, 3.8) is 0 Å². The number of fused-ring (bicyclic) bond motifs is 1. The second-order valence-corrected chi connectivity index (χ2v) is 8.69. The third-order valence-corrected chi connectivity index (χ3v) is 5.27. The Kier molecular flexibility index (Phi) is 5.66. The lowest BCUT2D eigenvalue weighted by atomic mass is 9.96. The van der Waals surface area contributed by atoms with E-state index in [1.54, 1.807) is 4.90 Å². The van der Waals surface area contributed by atoms with Crippen LogP contribution in [0.5, 0.6) is 0 Å². The van der Waals surface area contributed by atoms with E-state index in [2.05, 4.69) is 0 Å². The van der Waals surface area contributed by atoms with E-state index < -0.39 is 17.7 Å². The quantitative estimate of drug-likeness (QED) is 0.830. The third-order valence-electron chi connectivity index (χ3n) is 5.27. The van der Waals surface area contributed by atoms with Gasteiger partial charge < -0.3 is 15.7 Å². The van der Waals surface area contributed by atoms with Gasteiger partial charge in [0.25, 0.3) is 0 Å². The monoisotopic (exact) mass is 395 g/mol. The molecule has 0 saturated heterocycles. The number of anilines is 1. The summed E-state index contributed by atoms with van der Waals surface area (Å²) in [4.78, 5) is 28.0. The maximum Gasteiger partial charge on any atom is 0.412 e. The number of benzene rings is 2. The molecule has 3 N–H and O–H groups in total. The van der Waals surface area contributed by atoms with Crippen LogP contribution in [0.15, 0.2) is 42.5 Å². The number of rotatable bonds is 3. The van der Waals surface area contributed by atoms with Crippen LogP contribution in [0.1, 0.15) is 43.0 Å². The van der Waals surface area contributed by atoms with Gasteiger partial charge in [-0.05, 0) is 62.4 Å². The molecule has 3 rings (SSSR count). The molecule has 29 heavy (non-hydrogen) atoms. The molecule has 1 aliphatic heterocycles. The summed E-state index contributed by atoms with van der Waals surface area (Å²) in [5.74, 6) is -0.0878. The molecule has 1 heterocycles. The lowest BCUT2D eigenvalue weighted by Crippen LogP contribution is -2.45. The second-order valence-electron chi connectivity index (χ2n) is 8.69. The van der Waals surface area contributed by atoms with Crippen molar-refractivity contribution < 1.29 is 14.7 Å². The first-order chi connectivity index (χ1) is 13.6. The number of aryl methyl sites for hydroxylation is 1. The zero-order chi connectivity index (χ0) is 21.3. The Bertz CT molecular complexity index is 919. The number of hydrogen-bond acceptors (Lipinski definition) is 3. The van der Waals surface area contributed by atoms with Gasteiger partial charge in [-0.3, -0.25) is 9.69 Å². The van der Waals surface area contributed by atoms with Crippen LogP contribution in [0.3, 0.4) is 0 Å². The first-order valence-corrected chi connectivity index (χ1v) is 9.82. The molecule has 0 radical (unpaired) electrons. The van der Waals surface area contributed by atoms with Gasteiger partial charge in [0.2, 0.25) is 5.91 Å². The fourth-order valence-electron chi connectivity index (χ4n) is 3.91. The highest BCUT2D eigenvalue weighted by Crippen LogP contribution is 2.32. The van der Waals surface area contributed by atoms with Crippen molar-refractivity contribution in [1.82, 2.24) is 4.90 Å². The maximum absolute atomic E-state index is 12.9. The minimum absolute atomic E-state index is 0.0878. The number of hydrogen-bond donors (Lipinski definition) is 2. The van der Waals surface area contributed by atoms with Crippen LogP contribution in [-0.2, 0) is 24.3 Å². The summed E-state index contributed by atoms with van der Waals surface area (Å²) in [6.07, 6.45) is -0.550. The first kappa shape index (κ1) is 20.9. The largest absolute Gasteiger partial charge is 0.465 e. The van der Waals surface area contributed by atoms with Crippen molar-refractivity contribution in [3.8, 4) is 0 Å². The Labute approximate surface area is 171 Å². The van der Waals surface area contributed by atoms with E-state index in [0.717, 1.165) is 22.3 Å². The van der Waals surface area contributed by atoms with E-state index in [1.807, 2.05) is 70.2 Å².